The maximum atomic E-state index is 13.3. The zero-order chi connectivity index (χ0) is 25.4. The molecule has 2 saturated heterocycles. The maximum absolute atomic E-state index is 13.3. The van der Waals surface area contributed by atoms with E-state index in [-0.39, 0.29) is 35.6 Å². The molecule has 2 aromatic carbocycles. The first kappa shape index (κ1) is 24.3. The highest BCUT2D eigenvalue weighted by atomic mass is 16.2. The van der Waals surface area contributed by atoms with Crippen molar-refractivity contribution in [2.24, 2.45) is 14.1 Å². The fraction of sp³-hybridized carbons (Fsp3) is 0.464. The Bertz CT molecular complexity index is 1340. The van der Waals surface area contributed by atoms with Crippen molar-refractivity contribution in [2.45, 2.75) is 57.2 Å². The molecule has 2 fully saturated rings. The third-order valence-electron chi connectivity index (χ3n) is 8.19. The number of hydrogen-bond acceptors (Lipinski definition) is 4. The summed E-state index contributed by atoms with van der Waals surface area (Å²) in [6.45, 7) is 3.85. The minimum atomic E-state index is -0.311. The van der Waals surface area contributed by atoms with Crippen LogP contribution in [0.4, 0.5) is 5.69 Å². The number of amides is 2. The van der Waals surface area contributed by atoms with E-state index in [2.05, 4.69) is 34.2 Å². The molecule has 2 aliphatic rings. The van der Waals surface area contributed by atoms with Crippen molar-refractivity contribution < 1.29 is 9.59 Å². The topological polar surface area (TPSA) is 79.6 Å². The fourth-order valence-corrected chi connectivity index (χ4v) is 6.12. The average molecular weight is 490 g/mol. The van der Waals surface area contributed by atoms with Gasteiger partial charge in [-0.2, -0.15) is 0 Å². The molecular weight excluding hydrogens is 454 g/mol. The lowest BCUT2D eigenvalue weighted by Gasteiger charge is -2.46. The van der Waals surface area contributed by atoms with E-state index in [1.807, 2.05) is 36.4 Å². The van der Waals surface area contributed by atoms with Crippen molar-refractivity contribution in [3.8, 4) is 0 Å². The van der Waals surface area contributed by atoms with Crippen LogP contribution < -0.4 is 11.0 Å². The molecule has 0 aliphatic carbocycles. The maximum Gasteiger partial charge on any atom is 0.328 e. The minimum absolute atomic E-state index is 0.0810. The Morgan fingerprint density at radius 3 is 2.56 bits per heavy atom. The molecule has 0 unspecified atom stereocenters. The van der Waals surface area contributed by atoms with E-state index >= 15 is 0 Å². The Kier molecular flexibility index (Phi) is 6.47. The monoisotopic (exact) mass is 489 g/mol. The van der Waals surface area contributed by atoms with Crippen molar-refractivity contribution in [1.29, 1.82) is 0 Å². The first-order chi connectivity index (χ1) is 17.3. The van der Waals surface area contributed by atoms with E-state index < -0.39 is 0 Å². The Morgan fingerprint density at radius 2 is 1.78 bits per heavy atom. The zero-order valence-electron chi connectivity index (χ0n) is 21.4. The first-order valence-corrected chi connectivity index (χ1v) is 12.8. The molecule has 190 valence electrons. The van der Waals surface area contributed by atoms with Crippen LogP contribution in [0.1, 0.15) is 44.6 Å². The number of aryl methyl sites for hydroxylation is 2. The minimum Gasteiger partial charge on any atom is -0.331 e. The van der Waals surface area contributed by atoms with Crippen molar-refractivity contribution in [2.75, 3.05) is 18.4 Å². The summed E-state index contributed by atoms with van der Waals surface area (Å²) < 4.78 is 3.19. The number of hydrogen-bond donors (Lipinski definition) is 1. The predicted octanol–water partition coefficient (Wildman–Crippen LogP) is 3.25. The number of nitrogens with one attached hydrogen (secondary N) is 1. The molecule has 8 heteroatoms. The highest BCUT2D eigenvalue weighted by Crippen LogP contribution is 2.39. The summed E-state index contributed by atoms with van der Waals surface area (Å²) in [7, 11) is 3.48. The largest absolute Gasteiger partial charge is 0.331 e. The fourth-order valence-electron chi connectivity index (χ4n) is 6.12. The molecule has 0 radical (unpaired) electrons. The average Bonchev–Trinajstić information content (AvgIpc) is 3.28. The smallest absolute Gasteiger partial charge is 0.328 e. The molecule has 0 saturated carbocycles. The number of nitrogens with zero attached hydrogens (tertiary/aromatic N) is 4. The van der Waals surface area contributed by atoms with Gasteiger partial charge in [-0.05, 0) is 49.9 Å². The van der Waals surface area contributed by atoms with Gasteiger partial charge in [-0.15, -0.1) is 0 Å². The Hall–Kier alpha value is -3.39. The second kappa shape index (κ2) is 9.58. The SMILES string of the molecule is Cn1c(=O)n(C)c2cc(NC(=O)CN3CC[C@@]4(C)[C@@H]3CCCCC(=O)N4Cc3ccccc3)ccc21. The van der Waals surface area contributed by atoms with Crippen molar-refractivity contribution >= 4 is 28.5 Å². The molecule has 2 atom stereocenters. The molecule has 2 aliphatic heterocycles. The van der Waals surface area contributed by atoms with Gasteiger partial charge in [0.1, 0.15) is 0 Å². The van der Waals surface area contributed by atoms with Gasteiger partial charge in [-0.25, -0.2) is 4.79 Å². The summed E-state index contributed by atoms with van der Waals surface area (Å²) in [6.07, 6.45) is 4.27. The molecule has 8 nitrogen and oxygen atoms in total. The molecule has 36 heavy (non-hydrogen) atoms. The third-order valence-corrected chi connectivity index (χ3v) is 8.19. The zero-order valence-corrected chi connectivity index (χ0v) is 21.4. The van der Waals surface area contributed by atoms with Gasteiger partial charge in [0.25, 0.3) is 0 Å². The van der Waals surface area contributed by atoms with Crippen LogP contribution >= 0.6 is 0 Å². The van der Waals surface area contributed by atoms with Gasteiger partial charge in [0.05, 0.1) is 23.1 Å². The molecule has 0 bridgehead atoms. The molecule has 1 aromatic heterocycles. The van der Waals surface area contributed by atoms with Crippen molar-refractivity contribution in [3.05, 3.63) is 64.6 Å². The number of benzene rings is 2. The van der Waals surface area contributed by atoms with Crippen LogP contribution in [0.15, 0.2) is 53.3 Å². The summed E-state index contributed by atoms with van der Waals surface area (Å²) in [5.41, 5.74) is 3.01. The number of carbonyl (C=O) groups is 2. The summed E-state index contributed by atoms with van der Waals surface area (Å²) in [5, 5.41) is 3.03. The van der Waals surface area contributed by atoms with Crippen LogP contribution in [0, 0.1) is 0 Å². The Labute approximate surface area is 211 Å². The summed E-state index contributed by atoms with van der Waals surface area (Å²) in [6, 6.07) is 15.8. The first-order valence-electron chi connectivity index (χ1n) is 12.8. The molecule has 3 heterocycles. The second-order valence-corrected chi connectivity index (χ2v) is 10.5. The molecule has 1 N–H and O–H groups in total. The Morgan fingerprint density at radius 1 is 1.03 bits per heavy atom. The molecule has 3 aromatic rings. The normalized spacial score (nSPS) is 22.9. The van der Waals surface area contributed by atoms with Gasteiger partial charge in [0.15, 0.2) is 0 Å². The number of aromatic nitrogens is 2. The van der Waals surface area contributed by atoms with Gasteiger partial charge in [0.2, 0.25) is 11.8 Å². The molecule has 0 spiro atoms. The predicted molar refractivity (Wildman–Crippen MR) is 141 cm³/mol. The number of likely N-dealkylation sites (tertiary alicyclic amines) is 2. The number of rotatable bonds is 5. The highest BCUT2D eigenvalue weighted by molar-refractivity contribution is 5.94. The lowest BCUT2D eigenvalue weighted by atomic mass is 9.84. The third kappa shape index (κ3) is 4.34. The van der Waals surface area contributed by atoms with Gasteiger partial charge in [-0.3, -0.25) is 23.6 Å². The summed E-state index contributed by atoms with van der Waals surface area (Å²) in [5.74, 6) is 0.127. The van der Waals surface area contributed by atoms with Crippen LogP contribution in [0.5, 0.6) is 0 Å². The lowest BCUT2D eigenvalue weighted by molar-refractivity contribution is -0.140. The van der Waals surface area contributed by atoms with Gasteiger partial charge >= 0.3 is 5.69 Å². The summed E-state index contributed by atoms with van der Waals surface area (Å²) in [4.78, 5) is 42.9. The van der Waals surface area contributed by atoms with Gasteiger partial charge in [0, 0.05) is 45.3 Å². The molecule has 5 rings (SSSR count). The van der Waals surface area contributed by atoms with Gasteiger partial charge in [-0.1, -0.05) is 36.8 Å². The van der Waals surface area contributed by atoms with Crippen LogP contribution in [0.25, 0.3) is 11.0 Å². The van der Waals surface area contributed by atoms with Crippen LogP contribution in [-0.2, 0) is 30.2 Å². The van der Waals surface area contributed by atoms with E-state index in [4.69, 9.17) is 0 Å². The van der Waals surface area contributed by atoms with Crippen molar-refractivity contribution in [3.63, 3.8) is 0 Å². The Balaban J connectivity index is 1.33. The molecular formula is C28H35N5O3. The van der Waals surface area contributed by atoms with E-state index in [1.165, 1.54) is 0 Å². The molecule has 2 amide bonds. The highest BCUT2D eigenvalue weighted by Gasteiger charge is 2.49. The van der Waals surface area contributed by atoms with Crippen LogP contribution in [0.3, 0.4) is 0 Å². The number of carbonyl (C=O) groups excluding carboxylic acids is 2. The quantitative estimate of drug-likeness (QED) is 0.597. The van der Waals surface area contributed by atoms with Gasteiger partial charge < -0.3 is 10.2 Å². The number of imidazole rings is 1. The number of anilines is 1. The summed E-state index contributed by atoms with van der Waals surface area (Å²) >= 11 is 0. The van der Waals surface area contributed by atoms with E-state index in [0.717, 1.165) is 48.8 Å². The second-order valence-electron chi connectivity index (χ2n) is 10.5. The standard InChI is InChI=1S/C28H35N5O3/c1-28-15-16-32(19-25(34)29-21-13-14-22-23(17-21)31(3)27(36)30(22)2)24(28)11-7-8-12-26(35)33(28)18-20-9-5-4-6-10-20/h4-6,9-10,13-14,17,24H,7-8,11-12,15-16,18-19H2,1-3H3,(H,29,34)/t24-,28-/m0/s1. The van der Waals surface area contributed by atoms with E-state index in [9.17, 15) is 14.4 Å². The van der Waals surface area contributed by atoms with E-state index in [0.29, 0.717) is 18.7 Å². The van der Waals surface area contributed by atoms with Crippen molar-refractivity contribution in [1.82, 2.24) is 18.9 Å². The van der Waals surface area contributed by atoms with Crippen LogP contribution in [0.2, 0.25) is 0 Å². The number of fused-ring (bicyclic) bond motifs is 2. The van der Waals surface area contributed by atoms with Crippen LogP contribution in [-0.4, -0.2) is 55.4 Å². The lowest BCUT2D eigenvalue weighted by Crippen LogP contribution is -2.57. The van der Waals surface area contributed by atoms with E-state index in [1.54, 1.807) is 23.2 Å².